The second kappa shape index (κ2) is 10.2. The van der Waals surface area contributed by atoms with Crippen LogP contribution in [0.15, 0.2) is 82.8 Å². The monoisotopic (exact) mass is 529 g/mol. The molecule has 0 fully saturated rings. The number of sulfonamides is 2. The third kappa shape index (κ3) is 5.31. The van der Waals surface area contributed by atoms with Crippen molar-refractivity contribution in [2.24, 2.45) is 5.10 Å². The minimum Gasteiger partial charge on any atom is -0.497 e. The maximum Gasteiger partial charge on any atom is 0.279 e. The van der Waals surface area contributed by atoms with Gasteiger partial charge in [-0.1, -0.05) is 24.3 Å². The van der Waals surface area contributed by atoms with Crippen molar-refractivity contribution in [2.75, 3.05) is 24.7 Å². The Morgan fingerprint density at radius 1 is 0.917 bits per heavy atom. The number of benzene rings is 3. The van der Waals surface area contributed by atoms with Crippen molar-refractivity contribution < 1.29 is 26.3 Å². The van der Waals surface area contributed by atoms with Gasteiger partial charge in [0.2, 0.25) is 10.0 Å². The molecule has 0 aliphatic carbocycles. The maximum atomic E-state index is 13.7. The molecule has 190 valence electrons. The largest absolute Gasteiger partial charge is 0.497 e. The van der Waals surface area contributed by atoms with Crippen molar-refractivity contribution in [1.29, 1.82) is 0 Å². The summed E-state index contributed by atoms with van der Waals surface area (Å²) in [6, 6.07) is 19.5. The highest BCUT2D eigenvalue weighted by atomic mass is 32.2. The summed E-state index contributed by atoms with van der Waals surface area (Å²) >= 11 is 0. The predicted octanol–water partition coefficient (Wildman–Crippen LogP) is 4.01. The summed E-state index contributed by atoms with van der Waals surface area (Å²) in [6.45, 7) is 1.56. The number of nitrogens with one attached hydrogen (secondary N) is 1. The average molecular weight is 530 g/mol. The third-order valence-corrected chi connectivity index (χ3v) is 8.83. The average Bonchev–Trinajstić information content (AvgIpc) is 3.35. The maximum absolute atomic E-state index is 13.7. The molecule has 3 aromatic rings. The quantitative estimate of drug-likeness (QED) is 0.448. The lowest BCUT2D eigenvalue weighted by Gasteiger charge is -2.23. The molecule has 3 aromatic carbocycles. The number of nitrogens with zero attached hydrogens (tertiary/aromatic N) is 2. The Morgan fingerprint density at radius 2 is 1.58 bits per heavy atom. The number of hydrogen-bond donors (Lipinski definition) is 1. The minimum atomic E-state index is -4.00. The summed E-state index contributed by atoms with van der Waals surface area (Å²) in [6.07, 6.45) is 0.322. The summed E-state index contributed by atoms with van der Waals surface area (Å²) in [4.78, 5) is 0.0884. The molecule has 0 amide bonds. The second-order valence-corrected chi connectivity index (χ2v) is 11.9. The van der Waals surface area contributed by atoms with Crippen molar-refractivity contribution in [2.45, 2.75) is 24.3 Å². The number of ether oxygens (including phenoxy) is 2. The molecule has 0 aromatic heterocycles. The molecule has 1 N–H and O–H groups in total. The Kier molecular flexibility index (Phi) is 7.23. The Balaban J connectivity index is 1.72. The Bertz CT molecular complexity index is 1470. The predicted molar refractivity (Wildman–Crippen MR) is 138 cm³/mol. The van der Waals surface area contributed by atoms with Crippen molar-refractivity contribution in [1.82, 2.24) is 4.41 Å². The molecular formula is C25H27N3O6S2. The first-order chi connectivity index (χ1) is 17.2. The molecule has 0 bridgehead atoms. The lowest BCUT2D eigenvalue weighted by molar-refractivity contribution is 0.368. The molecule has 1 heterocycles. The van der Waals surface area contributed by atoms with E-state index in [1.807, 2.05) is 6.07 Å². The first kappa shape index (κ1) is 25.5. The number of hydrazone groups is 1. The summed E-state index contributed by atoms with van der Waals surface area (Å²) in [7, 11) is -4.34. The summed E-state index contributed by atoms with van der Waals surface area (Å²) in [5, 5.41) is 4.53. The van der Waals surface area contributed by atoms with Crippen LogP contribution in [0, 0.1) is 0 Å². The molecule has 0 spiro atoms. The van der Waals surface area contributed by atoms with Crippen LogP contribution in [0.25, 0.3) is 0 Å². The zero-order valence-electron chi connectivity index (χ0n) is 20.1. The molecule has 1 atom stereocenters. The summed E-state index contributed by atoms with van der Waals surface area (Å²) in [5.74, 6) is 1.11. The highest BCUT2D eigenvalue weighted by molar-refractivity contribution is 7.92. The molecule has 36 heavy (non-hydrogen) atoms. The standard InChI is InChI=1S/C25H27N3O6S2/c1-4-35(29,30)27-20-10-8-18(9-11-20)24-17-25(19-6-5-7-22(16-19)34-3)28(26-24)36(31,32)23-14-12-21(33-2)13-15-23/h5-16,25,27H,4,17H2,1-3H3/t25-/m0/s1. The van der Waals surface area contributed by atoms with Gasteiger partial charge in [-0.2, -0.15) is 17.9 Å². The highest BCUT2D eigenvalue weighted by Gasteiger charge is 2.38. The minimum absolute atomic E-state index is 0.0398. The van der Waals surface area contributed by atoms with E-state index >= 15 is 0 Å². The number of anilines is 1. The van der Waals surface area contributed by atoms with Crippen LogP contribution in [0.5, 0.6) is 11.5 Å². The van der Waals surface area contributed by atoms with E-state index in [0.29, 0.717) is 34.9 Å². The molecule has 1 aliphatic heterocycles. The van der Waals surface area contributed by atoms with Gasteiger partial charge in [0.05, 0.1) is 36.6 Å². The summed E-state index contributed by atoms with van der Waals surface area (Å²) < 4.78 is 65.2. The lowest BCUT2D eigenvalue weighted by Crippen LogP contribution is -2.27. The molecule has 0 radical (unpaired) electrons. The van der Waals surface area contributed by atoms with E-state index in [9.17, 15) is 16.8 Å². The Morgan fingerprint density at radius 3 is 2.19 bits per heavy atom. The van der Waals surface area contributed by atoms with E-state index < -0.39 is 26.1 Å². The number of methoxy groups -OCH3 is 2. The SMILES string of the molecule is CCS(=O)(=O)Nc1ccc(C2=NN(S(=O)(=O)c3ccc(OC)cc3)[C@H](c3cccc(OC)c3)C2)cc1. The van der Waals surface area contributed by atoms with Crippen LogP contribution >= 0.6 is 0 Å². The molecule has 1 aliphatic rings. The van der Waals surface area contributed by atoms with Gasteiger partial charge in [0.25, 0.3) is 10.0 Å². The van der Waals surface area contributed by atoms with Crippen molar-refractivity contribution in [3.63, 3.8) is 0 Å². The molecule has 4 rings (SSSR count). The van der Waals surface area contributed by atoms with Crippen LogP contribution < -0.4 is 14.2 Å². The van der Waals surface area contributed by atoms with Crippen LogP contribution in [0.2, 0.25) is 0 Å². The van der Waals surface area contributed by atoms with Crippen LogP contribution in [0.1, 0.15) is 30.5 Å². The van der Waals surface area contributed by atoms with E-state index in [1.165, 1.54) is 19.2 Å². The van der Waals surface area contributed by atoms with Crippen molar-refractivity contribution >= 4 is 31.4 Å². The highest BCUT2D eigenvalue weighted by Crippen LogP contribution is 2.38. The molecule has 11 heteroatoms. The third-order valence-electron chi connectivity index (χ3n) is 5.83. The van der Waals surface area contributed by atoms with Crippen molar-refractivity contribution in [3.8, 4) is 11.5 Å². The first-order valence-corrected chi connectivity index (χ1v) is 14.3. The fourth-order valence-electron chi connectivity index (χ4n) is 3.82. The molecule has 0 unspecified atom stereocenters. The van der Waals surface area contributed by atoms with E-state index in [1.54, 1.807) is 68.6 Å². The molecule has 9 nitrogen and oxygen atoms in total. The Labute approximate surface area is 211 Å². The molecule has 0 saturated heterocycles. The number of hydrogen-bond acceptors (Lipinski definition) is 7. The number of rotatable bonds is 9. The van der Waals surface area contributed by atoms with E-state index in [-0.39, 0.29) is 10.6 Å². The van der Waals surface area contributed by atoms with Gasteiger partial charge in [-0.25, -0.2) is 8.42 Å². The zero-order chi connectivity index (χ0) is 25.9. The van der Waals surface area contributed by atoms with E-state index in [0.717, 1.165) is 9.98 Å². The van der Waals surface area contributed by atoms with Crippen LogP contribution in [-0.4, -0.2) is 46.9 Å². The van der Waals surface area contributed by atoms with Crippen LogP contribution in [-0.2, 0) is 20.0 Å². The van der Waals surface area contributed by atoms with E-state index in [2.05, 4.69) is 9.82 Å². The van der Waals surface area contributed by atoms with Gasteiger partial charge in [-0.15, -0.1) is 0 Å². The van der Waals surface area contributed by atoms with Gasteiger partial charge in [-0.3, -0.25) is 4.72 Å². The smallest absolute Gasteiger partial charge is 0.279 e. The molecular weight excluding hydrogens is 502 g/mol. The Hall–Kier alpha value is -3.57. The van der Waals surface area contributed by atoms with Gasteiger partial charge < -0.3 is 9.47 Å². The van der Waals surface area contributed by atoms with Crippen molar-refractivity contribution in [3.05, 3.63) is 83.9 Å². The van der Waals surface area contributed by atoms with Gasteiger partial charge in [0, 0.05) is 12.1 Å². The first-order valence-electron chi connectivity index (χ1n) is 11.2. The van der Waals surface area contributed by atoms with Gasteiger partial charge >= 0.3 is 0 Å². The van der Waals surface area contributed by atoms with Gasteiger partial charge in [0.1, 0.15) is 11.5 Å². The fraction of sp³-hybridized carbons (Fsp3) is 0.240. The van der Waals surface area contributed by atoms with Gasteiger partial charge in [0.15, 0.2) is 0 Å². The topological polar surface area (TPSA) is 114 Å². The molecule has 0 saturated carbocycles. The summed E-state index contributed by atoms with van der Waals surface area (Å²) in [5.41, 5.74) is 2.41. The van der Waals surface area contributed by atoms with Gasteiger partial charge in [-0.05, 0) is 66.6 Å². The van der Waals surface area contributed by atoms with Crippen LogP contribution in [0.4, 0.5) is 5.69 Å². The van der Waals surface area contributed by atoms with E-state index in [4.69, 9.17) is 9.47 Å². The second-order valence-electron chi connectivity index (χ2n) is 8.08. The lowest BCUT2D eigenvalue weighted by atomic mass is 9.99. The normalized spacial score (nSPS) is 15.9. The van der Waals surface area contributed by atoms with Crippen LogP contribution in [0.3, 0.4) is 0 Å². The zero-order valence-corrected chi connectivity index (χ0v) is 21.7. The fourth-order valence-corrected chi connectivity index (χ4v) is 5.89.